The zero-order valence-electron chi connectivity index (χ0n) is 13.8. The molecule has 0 unspecified atom stereocenters. The molecule has 0 bridgehead atoms. The van der Waals surface area contributed by atoms with Crippen LogP contribution in [0.5, 0.6) is 0 Å². The van der Waals surface area contributed by atoms with Crippen LogP contribution in [-0.2, 0) is 0 Å². The molecule has 1 N–H and O–H groups in total. The molecule has 0 atom stereocenters. The summed E-state index contributed by atoms with van der Waals surface area (Å²) in [6, 6.07) is 5.21. The zero-order valence-corrected chi connectivity index (χ0v) is 15.3. The van der Waals surface area contributed by atoms with Gasteiger partial charge in [0.05, 0.1) is 10.0 Å². The number of carbonyl (C=O) groups is 1. The van der Waals surface area contributed by atoms with Gasteiger partial charge in [0.2, 0.25) is 5.82 Å². The molecule has 6 nitrogen and oxygen atoms in total. The molecule has 1 amide bonds. The second-order valence-electron chi connectivity index (χ2n) is 6.50. The van der Waals surface area contributed by atoms with E-state index in [1.165, 1.54) is 4.68 Å². The number of para-hydroxylation sites is 1. The Kier molecular flexibility index (Phi) is 4.55. The van der Waals surface area contributed by atoms with Crippen LogP contribution in [0.4, 0.5) is 0 Å². The maximum atomic E-state index is 12.7. The molecule has 0 aliphatic carbocycles. The second-order valence-corrected chi connectivity index (χ2v) is 7.32. The molecule has 1 saturated heterocycles. The molecule has 2 aromatic rings. The zero-order chi connectivity index (χ0) is 17.5. The fourth-order valence-electron chi connectivity index (χ4n) is 2.84. The minimum Gasteiger partial charge on any atom is -0.333 e. The van der Waals surface area contributed by atoms with Crippen molar-refractivity contribution in [3.05, 3.63) is 39.9 Å². The first-order chi connectivity index (χ1) is 11.3. The molecule has 1 aromatic carbocycles. The summed E-state index contributed by atoms with van der Waals surface area (Å²) in [5.41, 5.74) is 0.405. The Morgan fingerprint density at radius 1 is 1.29 bits per heavy atom. The van der Waals surface area contributed by atoms with Gasteiger partial charge in [0.1, 0.15) is 11.5 Å². The summed E-state index contributed by atoms with van der Waals surface area (Å²) < 4.78 is 1.52. The van der Waals surface area contributed by atoms with Crippen molar-refractivity contribution >= 4 is 29.1 Å². The summed E-state index contributed by atoms with van der Waals surface area (Å²) in [7, 11) is 0. The summed E-state index contributed by atoms with van der Waals surface area (Å²) >= 11 is 12.5. The fraction of sp³-hybridized carbons (Fsp3) is 0.438. The molecular weight excluding hydrogens is 349 g/mol. The first-order valence-electron chi connectivity index (χ1n) is 7.71. The number of aromatic nitrogens is 3. The van der Waals surface area contributed by atoms with Crippen LogP contribution >= 0.6 is 23.2 Å². The lowest BCUT2D eigenvalue weighted by Gasteiger charge is -2.38. The number of hydrogen-bond acceptors (Lipinski definition) is 4. The fourth-order valence-corrected chi connectivity index (χ4v) is 3.40. The number of halogens is 2. The average Bonchev–Trinajstić information content (AvgIpc) is 2.87. The average molecular weight is 368 g/mol. The van der Waals surface area contributed by atoms with Gasteiger partial charge < -0.3 is 10.2 Å². The molecule has 8 heteroatoms. The van der Waals surface area contributed by atoms with Crippen LogP contribution in [0.15, 0.2) is 18.2 Å². The molecule has 0 saturated carbocycles. The molecular formula is C16H19Cl2N5O. The van der Waals surface area contributed by atoms with E-state index in [9.17, 15) is 4.79 Å². The van der Waals surface area contributed by atoms with Crippen LogP contribution in [0.3, 0.4) is 0 Å². The number of hydrogen-bond donors (Lipinski definition) is 1. The minimum atomic E-state index is -0.186. The minimum absolute atomic E-state index is 0.127. The monoisotopic (exact) mass is 367 g/mol. The molecule has 0 radical (unpaired) electrons. The Labute approximate surface area is 150 Å². The van der Waals surface area contributed by atoms with Crippen LogP contribution in [0, 0.1) is 6.92 Å². The number of aryl methyl sites for hydroxylation is 1. The Bertz CT molecular complexity index is 767. The van der Waals surface area contributed by atoms with E-state index in [-0.39, 0.29) is 17.3 Å². The van der Waals surface area contributed by atoms with Crippen molar-refractivity contribution < 1.29 is 4.79 Å². The van der Waals surface area contributed by atoms with Crippen molar-refractivity contribution in [1.82, 2.24) is 25.0 Å². The van der Waals surface area contributed by atoms with Gasteiger partial charge in [-0.3, -0.25) is 4.79 Å². The third kappa shape index (κ3) is 3.27. The Morgan fingerprint density at radius 2 is 1.96 bits per heavy atom. The van der Waals surface area contributed by atoms with E-state index in [4.69, 9.17) is 23.2 Å². The van der Waals surface area contributed by atoms with Gasteiger partial charge in [0, 0.05) is 25.2 Å². The quantitative estimate of drug-likeness (QED) is 0.886. The third-order valence-electron chi connectivity index (χ3n) is 3.97. The van der Waals surface area contributed by atoms with Crippen molar-refractivity contribution in [3.63, 3.8) is 0 Å². The highest BCUT2D eigenvalue weighted by molar-refractivity contribution is 6.37. The van der Waals surface area contributed by atoms with E-state index in [2.05, 4.69) is 29.2 Å². The van der Waals surface area contributed by atoms with Crippen molar-refractivity contribution in [2.45, 2.75) is 26.3 Å². The number of benzene rings is 1. The van der Waals surface area contributed by atoms with Crippen molar-refractivity contribution in [2.24, 2.45) is 0 Å². The summed E-state index contributed by atoms with van der Waals surface area (Å²) in [6.45, 7) is 7.87. The summed E-state index contributed by atoms with van der Waals surface area (Å²) in [5.74, 6) is 0.526. The number of carbonyl (C=O) groups excluding carboxylic acids is 1. The van der Waals surface area contributed by atoms with Gasteiger partial charge in [-0.1, -0.05) is 29.3 Å². The Hall–Kier alpha value is -1.63. The van der Waals surface area contributed by atoms with Crippen LogP contribution < -0.4 is 5.32 Å². The highest BCUT2D eigenvalue weighted by atomic mass is 35.5. The lowest BCUT2D eigenvalue weighted by Crippen LogP contribution is -2.58. The molecule has 1 fully saturated rings. The van der Waals surface area contributed by atoms with E-state index in [1.54, 1.807) is 30.0 Å². The molecule has 24 heavy (non-hydrogen) atoms. The smallest absolute Gasteiger partial charge is 0.293 e. The van der Waals surface area contributed by atoms with Gasteiger partial charge in [-0.25, -0.2) is 9.67 Å². The van der Waals surface area contributed by atoms with Crippen LogP contribution in [0.2, 0.25) is 10.0 Å². The van der Waals surface area contributed by atoms with Gasteiger partial charge in [0.25, 0.3) is 5.91 Å². The van der Waals surface area contributed by atoms with Gasteiger partial charge >= 0.3 is 0 Å². The number of rotatable bonds is 2. The van der Waals surface area contributed by atoms with E-state index >= 15 is 0 Å². The molecule has 128 valence electrons. The molecule has 0 spiro atoms. The van der Waals surface area contributed by atoms with E-state index in [1.807, 2.05) is 0 Å². The molecule has 1 aliphatic heterocycles. The van der Waals surface area contributed by atoms with Gasteiger partial charge in [0.15, 0.2) is 0 Å². The van der Waals surface area contributed by atoms with E-state index in [0.29, 0.717) is 34.6 Å². The number of piperazine rings is 1. The lowest BCUT2D eigenvalue weighted by atomic mass is 10.0. The van der Waals surface area contributed by atoms with Crippen molar-refractivity contribution in [3.8, 4) is 5.69 Å². The van der Waals surface area contributed by atoms with Crippen LogP contribution in [0.25, 0.3) is 5.69 Å². The molecule has 2 heterocycles. The highest BCUT2D eigenvalue weighted by Crippen LogP contribution is 2.28. The Morgan fingerprint density at radius 3 is 2.58 bits per heavy atom. The second kappa shape index (κ2) is 6.35. The normalized spacial score (nSPS) is 17.1. The summed E-state index contributed by atoms with van der Waals surface area (Å²) in [5, 5.41) is 8.64. The van der Waals surface area contributed by atoms with Crippen molar-refractivity contribution in [2.75, 3.05) is 19.6 Å². The largest absolute Gasteiger partial charge is 0.333 e. The maximum absolute atomic E-state index is 12.7. The van der Waals surface area contributed by atoms with Crippen LogP contribution in [0.1, 0.15) is 30.3 Å². The summed E-state index contributed by atoms with van der Waals surface area (Å²) in [6.07, 6.45) is 0. The number of nitrogens with one attached hydrogen (secondary N) is 1. The Balaban J connectivity index is 1.93. The van der Waals surface area contributed by atoms with E-state index in [0.717, 1.165) is 6.54 Å². The number of nitrogens with zero attached hydrogens (tertiary/aromatic N) is 4. The molecule has 1 aliphatic rings. The predicted molar refractivity (Wildman–Crippen MR) is 94.1 cm³/mol. The van der Waals surface area contributed by atoms with Gasteiger partial charge in [-0.15, -0.1) is 5.10 Å². The standard InChI is InChI=1S/C16H19Cl2N5O/c1-10-20-14(15(24)22-8-7-19-16(2,3)9-22)21-23(10)13-11(17)5-4-6-12(13)18/h4-6,19H,7-9H2,1-3H3. The van der Waals surface area contributed by atoms with Crippen LogP contribution in [-0.4, -0.2) is 50.7 Å². The SMILES string of the molecule is Cc1nc(C(=O)N2CCNC(C)(C)C2)nn1-c1c(Cl)cccc1Cl. The van der Waals surface area contributed by atoms with Crippen molar-refractivity contribution in [1.29, 1.82) is 0 Å². The van der Waals surface area contributed by atoms with Gasteiger partial charge in [-0.2, -0.15) is 0 Å². The topological polar surface area (TPSA) is 63.1 Å². The molecule has 1 aromatic heterocycles. The predicted octanol–water partition coefficient (Wildman–Crippen LogP) is 2.71. The lowest BCUT2D eigenvalue weighted by molar-refractivity contribution is 0.0640. The molecule has 3 rings (SSSR count). The summed E-state index contributed by atoms with van der Waals surface area (Å²) in [4.78, 5) is 18.8. The van der Waals surface area contributed by atoms with E-state index < -0.39 is 0 Å². The van der Waals surface area contributed by atoms with Gasteiger partial charge in [-0.05, 0) is 32.9 Å². The first-order valence-corrected chi connectivity index (χ1v) is 8.46. The number of amides is 1. The maximum Gasteiger partial charge on any atom is 0.293 e. The third-order valence-corrected chi connectivity index (χ3v) is 4.58. The first kappa shape index (κ1) is 17.2. The highest BCUT2D eigenvalue weighted by Gasteiger charge is 2.31.